The van der Waals surface area contributed by atoms with Crippen LogP contribution in [0.25, 0.3) is 0 Å². The van der Waals surface area contributed by atoms with Crippen LogP contribution in [0.1, 0.15) is 16.2 Å². The molecule has 0 bridgehead atoms. The van der Waals surface area contributed by atoms with Crippen LogP contribution in [0.3, 0.4) is 0 Å². The summed E-state index contributed by atoms with van der Waals surface area (Å²) >= 11 is 1.57. The first-order chi connectivity index (χ1) is 13.3. The highest BCUT2D eigenvalue weighted by Gasteiger charge is 2.28. The summed E-state index contributed by atoms with van der Waals surface area (Å²) in [7, 11) is 1.61. The molecule has 7 nitrogen and oxygen atoms in total. The fourth-order valence-electron chi connectivity index (χ4n) is 2.80. The van der Waals surface area contributed by atoms with Crippen molar-refractivity contribution in [1.82, 2.24) is 14.9 Å². The maximum atomic E-state index is 13.0. The van der Waals surface area contributed by atoms with Crippen LogP contribution >= 0.6 is 11.8 Å². The number of fused-ring (bicyclic) bond motifs is 1. The van der Waals surface area contributed by atoms with E-state index in [2.05, 4.69) is 10.2 Å². The highest BCUT2D eigenvalue weighted by molar-refractivity contribution is 7.99. The molecule has 0 unspecified atom stereocenters. The monoisotopic (exact) mass is 382 g/mol. The zero-order valence-corrected chi connectivity index (χ0v) is 15.6. The molecule has 1 amide bonds. The molecule has 2 aromatic carbocycles. The van der Waals surface area contributed by atoms with Crippen molar-refractivity contribution in [3.8, 4) is 11.5 Å². The van der Waals surface area contributed by atoms with Crippen molar-refractivity contribution in [2.24, 2.45) is 0 Å². The number of aromatic nitrogens is 3. The Kier molecular flexibility index (Phi) is 4.97. The predicted molar refractivity (Wildman–Crippen MR) is 102 cm³/mol. The van der Waals surface area contributed by atoms with Crippen LogP contribution in [0, 0.1) is 0 Å². The SMILES string of the molecule is COc1cccc(OCc2nnc3n2N(C(=O)c2ccccc2)CCS3)c1. The fraction of sp³-hybridized carbons (Fsp3) is 0.211. The van der Waals surface area contributed by atoms with Crippen molar-refractivity contribution in [2.75, 3.05) is 24.4 Å². The van der Waals surface area contributed by atoms with E-state index in [9.17, 15) is 4.79 Å². The Morgan fingerprint density at radius 3 is 2.74 bits per heavy atom. The first kappa shape index (κ1) is 17.4. The molecule has 2 heterocycles. The third-order valence-electron chi connectivity index (χ3n) is 4.12. The van der Waals surface area contributed by atoms with E-state index in [1.54, 1.807) is 46.8 Å². The first-order valence-corrected chi connectivity index (χ1v) is 9.46. The highest BCUT2D eigenvalue weighted by atomic mass is 32.2. The smallest absolute Gasteiger partial charge is 0.272 e. The molecule has 8 heteroatoms. The summed E-state index contributed by atoms with van der Waals surface area (Å²) in [5.74, 6) is 2.64. The summed E-state index contributed by atoms with van der Waals surface area (Å²) in [6, 6.07) is 16.6. The van der Waals surface area contributed by atoms with Gasteiger partial charge in [-0.05, 0) is 24.3 Å². The summed E-state index contributed by atoms with van der Waals surface area (Å²) in [5, 5.41) is 10.8. The normalized spacial score (nSPS) is 13.1. The molecule has 0 spiro atoms. The van der Waals surface area contributed by atoms with Crippen molar-refractivity contribution < 1.29 is 14.3 Å². The van der Waals surface area contributed by atoms with E-state index < -0.39 is 0 Å². The zero-order valence-electron chi connectivity index (χ0n) is 14.7. The number of rotatable bonds is 5. The minimum Gasteiger partial charge on any atom is -0.497 e. The van der Waals surface area contributed by atoms with Gasteiger partial charge in [0, 0.05) is 17.4 Å². The summed E-state index contributed by atoms with van der Waals surface area (Å²) in [6.07, 6.45) is 0. The fourth-order valence-corrected chi connectivity index (χ4v) is 3.67. The summed E-state index contributed by atoms with van der Waals surface area (Å²) in [5.41, 5.74) is 0.628. The predicted octanol–water partition coefficient (Wildman–Crippen LogP) is 2.75. The van der Waals surface area contributed by atoms with Crippen LogP contribution in [-0.2, 0) is 6.61 Å². The minimum atomic E-state index is -0.0837. The van der Waals surface area contributed by atoms with Gasteiger partial charge in [0.1, 0.15) is 18.1 Å². The average Bonchev–Trinajstić information content (AvgIpc) is 3.16. The number of nitrogens with zero attached hydrogens (tertiary/aromatic N) is 4. The summed E-state index contributed by atoms with van der Waals surface area (Å²) in [4.78, 5) is 13.0. The molecule has 27 heavy (non-hydrogen) atoms. The second-order valence-corrected chi connectivity index (χ2v) is 6.88. The Bertz CT molecular complexity index is 945. The van der Waals surface area contributed by atoms with E-state index in [-0.39, 0.29) is 12.5 Å². The van der Waals surface area contributed by atoms with Gasteiger partial charge in [-0.25, -0.2) is 9.69 Å². The third-order valence-corrected chi connectivity index (χ3v) is 5.02. The molecular weight excluding hydrogens is 364 g/mol. The molecule has 0 radical (unpaired) electrons. The molecule has 0 atom stereocenters. The number of thioether (sulfide) groups is 1. The van der Waals surface area contributed by atoms with Crippen LogP contribution in [0.15, 0.2) is 59.8 Å². The maximum Gasteiger partial charge on any atom is 0.272 e. The van der Waals surface area contributed by atoms with Crippen LogP contribution in [0.2, 0.25) is 0 Å². The van der Waals surface area contributed by atoms with Gasteiger partial charge in [0.25, 0.3) is 5.91 Å². The molecule has 3 aromatic rings. The maximum absolute atomic E-state index is 13.0. The molecule has 0 aliphatic carbocycles. The Morgan fingerprint density at radius 2 is 1.93 bits per heavy atom. The van der Waals surface area contributed by atoms with E-state index in [4.69, 9.17) is 9.47 Å². The molecule has 0 N–H and O–H groups in total. The molecular formula is C19H18N4O3S. The number of hydrogen-bond donors (Lipinski definition) is 0. The van der Waals surface area contributed by atoms with E-state index in [1.165, 1.54) is 0 Å². The largest absolute Gasteiger partial charge is 0.497 e. The van der Waals surface area contributed by atoms with E-state index in [1.807, 2.05) is 36.4 Å². The van der Waals surface area contributed by atoms with Crippen LogP contribution in [-0.4, -0.2) is 40.2 Å². The van der Waals surface area contributed by atoms with Gasteiger partial charge in [-0.15, -0.1) is 10.2 Å². The number of hydrogen-bond acceptors (Lipinski definition) is 6. The van der Waals surface area contributed by atoms with Crippen molar-refractivity contribution in [1.29, 1.82) is 0 Å². The average molecular weight is 382 g/mol. The lowest BCUT2D eigenvalue weighted by molar-refractivity contribution is 0.0953. The van der Waals surface area contributed by atoms with Gasteiger partial charge in [0.05, 0.1) is 13.7 Å². The molecule has 0 saturated heterocycles. The minimum absolute atomic E-state index is 0.0837. The van der Waals surface area contributed by atoms with Crippen LogP contribution < -0.4 is 14.5 Å². The van der Waals surface area contributed by atoms with Crippen LogP contribution in [0.5, 0.6) is 11.5 Å². The van der Waals surface area contributed by atoms with Crippen LogP contribution in [0.4, 0.5) is 0 Å². The number of ether oxygens (including phenoxy) is 2. The number of benzene rings is 2. The van der Waals surface area contributed by atoms with Gasteiger partial charge in [-0.2, -0.15) is 0 Å². The van der Waals surface area contributed by atoms with E-state index in [0.717, 1.165) is 5.75 Å². The molecule has 138 valence electrons. The lowest BCUT2D eigenvalue weighted by Crippen LogP contribution is -2.45. The molecule has 0 saturated carbocycles. The number of carbonyl (C=O) groups excluding carboxylic acids is 1. The summed E-state index contributed by atoms with van der Waals surface area (Å²) < 4.78 is 12.8. The van der Waals surface area contributed by atoms with Gasteiger partial charge in [0.15, 0.2) is 5.82 Å². The Balaban J connectivity index is 1.57. The molecule has 1 aliphatic heterocycles. The van der Waals surface area contributed by atoms with E-state index in [0.29, 0.717) is 34.6 Å². The topological polar surface area (TPSA) is 69.5 Å². The lowest BCUT2D eigenvalue weighted by atomic mass is 10.2. The lowest BCUT2D eigenvalue weighted by Gasteiger charge is -2.29. The molecule has 1 aromatic heterocycles. The van der Waals surface area contributed by atoms with Gasteiger partial charge in [-0.1, -0.05) is 36.0 Å². The third kappa shape index (κ3) is 3.61. The number of carbonyl (C=O) groups is 1. The summed E-state index contributed by atoms with van der Waals surface area (Å²) in [6.45, 7) is 0.773. The van der Waals surface area contributed by atoms with Crippen molar-refractivity contribution in [3.63, 3.8) is 0 Å². The van der Waals surface area contributed by atoms with Gasteiger partial charge in [-0.3, -0.25) is 4.79 Å². The van der Waals surface area contributed by atoms with Gasteiger partial charge < -0.3 is 9.47 Å². The molecule has 4 rings (SSSR count). The van der Waals surface area contributed by atoms with Gasteiger partial charge >= 0.3 is 0 Å². The zero-order chi connectivity index (χ0) is 18.6. The van der Waals surface area contributed by atoms with Gasteiger partial charge in [0.2, 0.25) is 5.16 Å². The quantitative estimate of drug-likeness (QED) is 0.676. The van der Waals surface area contributed by atoms with Crippen molar-refractivity contribution in [3.05, 3.63) is 66.0 Å². The van der Waals surface area contributed by atoms with E-state index >= 15 is 0 Å². The number of amides is 1. The Labute approximate surface area is 160 Å². The molecule has 1 aliphatic rings. The molecule has 0 fully saturated rings. The highest BCUT2D eigenvalue weighted by Crippen LogP contribution is 2.25. The first-order valence-electron chi connectivity index (χ1n) is 8.47. The Morgan fingerprint density at radius 1 is 1.11 bits per heavy atom. The Hall–Kier alpha value is -3.00. The standard InChI is InChI=1S/C19H18N4O3S/c1-25-15-8-5-9-16(12-15)26-13-17-20-21-19-23(17)22(10-11-27-19)18(24)14-6-3-2-4-7-14/h2-9,12H,10-11,13H2,1H3. The second kappa shape index (κ2) is 7.71. The second-order valence-electron chi connectivity index (χ2n) is 5.82. The van der Waals surface area contributed by atoms with Crippen molar-refractivity contribution >= 4 is 17.7 Å². The van der Waals surface area contributed by atoms with Crippen molar-refractivity contribution in [2.45, 2.75) is 11.8 Å². The number of methoxy groups -OCH3 is 1.